The Hall–Kier alpha value is -2.20. The van der Waals surface area contributed by atoms with Crippen LogP contribution in [0.1, 0.15) is 0 Å². The van der Waals surface area contributed by atoms with E-state index in [4.69, 9.17) is 21.1 Å². The van der Waals surface area contributed by atoms with E-state index in [9.17, 15) is 4.79 Å². The number of rotatable bonds is 7. The summed E-state index contributed by atoms with van der Waals surface area (Å²) in [6.45, 7) is 0.766. The number of halogens is 1. The number of carbonyl (C=O) groups excluding carboxylic acids is 1. The molecule has 0 aromatic heterocycles. The van der Waals surface area contributed by atoms with E-state index in [-0.39, 0.29) is 12.5 Å². The van der Waals surface area contributed by atoms with Gasteiger partial charge in [0.1, 0.15) is 18.1 Å². The topological polar surface area (TPSA) is 47.6 Å². The zero-order valence-electron chi connectivity index (χ0n) is 11.4. The van der Waals surface area contributed by atoms with Crippen LogP contribution in [0.3, 0.4) is 0 Å². The lowest BCUT2D eigenvalue weighted by Crippen LogP contribution is -2.32. The number of amides is 1. The van der Waals surface area contributed by atoms with E-state index in [2.05, 4.69) is 5.32 Å². The molecular weight excluding hydrogens is 290 g/mol. The van der Waals surface area contributed by atoms with Crippen molar-refractivity contribution in [1.29, 1.82) is 0 Å². The maximum Gasteiger partial charge on any atom is 0.258 e. The molecule has 2 aromatic rings. The Labute approximate surface area is 128 Å². The summed E-state index contributed by atoms with van der Waals surface area (Å²) in [6.07, 6.45) is 0. The Morgan fingerprint density at radius 3 is 2.52 bits per heavy atom. The van der Waals surface area contributed by atoms with Gasteiger partial charge in [-0.2, -0.15) is 0 Å². The van der Waals surface area contributed by atoms with Crippen LogP contribution in [0.15, 0.2) is 54.6 Å². The second-order valence-electron chi connectivity index (χ2n) is 4.26. The van der Waals surface area contributed by atoms with Crippen molar-refractivity contribution in [3.05, 3.63) is 59.6 Å². The highest BCUT2D eigenvalue weighted by molar-refractivity contribution is 6.30. The number of ether oxygens (including phenoxy) is 2. The van der Waals surface area contributed by atoms with Crippen molar-refractivity contribution in [1.82, 2.24) is 5.32 Å². The van der Waals surface area contributed by atoms with Gasteiger partial charge in [-0.1, -0.05) is 35.9 Å². The average molecular weight is 306 g/mol. The summed E-state index contributed by atoms with van der Waals surface area (Å²) in [4.78, 5) is 11.6. The number of hydrogen-bond acceptors (Lipinski definition) is 3. The number of para-hydroxylation sites is 1. The molecule has 1 N–H and O–H groups in total. The molecule has 0 saturated heterocycles. The summed E-state index contributed by atoms with van der Waals surface area (Å²) >= 11 is 5.84. The number of carbonyl (C=O) groups is 1. The summed E-state index contributed by atoms with van der Waals surface area (Å²) in [5, 5.41) is 3.33. The Bertz CT molecular complexity index is 575. The molecule has 0 spiro atoms. The fourth-order valence-electron chi connectivity index (χ4n) is 1.63. The minimum atomic E-state index is -0.187. The highest BCUT2D eigenvalue weighted by Gasteiger charge is 2.02. The third-order valence-electron chi connectivity index (χ3n) is 2.60. The largest absolute Gasteiger partial charge is 0.492 e. The van der Waals surface area contributed by atoms with Gasteiger partial charge in [-0.05, 0) is 30.3 Å². The van der Waals surface area contributed by atoms with Gasteiger partial charge >= 0.3 is 0 Å². The highest BCUT2D eigenvalue weighted by atomic mass is 35.5. The molecule has 110 valence electrons. The monoisotopic (exact) mass is 305 g/mol. The van der Waals surface area contributed by atoms with Gasteiger partial charge in [-0.15, -0.1) is 0 Å². The van der Waals surface area contributed by atoms with Crippen molar-refractivity contribution in [2.75, 3.05) is 19.8 Å². The lowest BCUT2D eigenvalue weighted by atomic mass is 10.3. The molecular formula is C16H16ClNO3. The lowest BCUT2D eigenvalue weighted by Gasteiger charge is -2.09. The summed E-state index contributed by atoms with van der Waals surface area (Å²) in [6, 6.07) is 16.3. The van der Waals surface area contributed by atoms with Crippen molar-refractivity contribution in [3.63, 3.8) is 0 Å². The molecule has 1 amide bonds. The van der Waals surface area contributed by atoms with Crippen LogP contribution in [0.25, 0.3) is 0 Å². The first-order valence-corrected chi connectivity index (χ1v) is 6.95. The van der Waals surface area contributed by atoms with E-state index in [1.807, 2.05) is 30.3 Å². The van der Waals surface area contributed by atoms with E-state index in [0.717, 1.165) is 0 Å². The number of hydrogen-bond donors (Lipinski definition) is 1. The van der Waals surface area contributed by atoms with Gasteiger partial charge in [0.05, 0.1) is 6.54 Å². The SMILES string of the molecule is O=C(COc1ccccc1)NCCOc1cccc(Cl)c1. The maximum absolute atomic E-state index is 11.6. The normalized spacial score (nSPS) is 9.95. The molecule has 0 aliphatic carbocycles. The molecule has 0 radical (unpaired) electrons. The fourth-order valence-corrected chi connectivity index (χ4v) is 1.81. The van der Waals surface area contributed by atoms with E-state index in [1.165, 1.54) is 0 Å². The van der Waals surface area contributed by atoms with Crippen LogP contribution in [-0.2, 0) is 4.79 Å². The third kappa shape index (κ3) is 5.75. The minimum Gasteiger partial charge on any atom is -0.492 e. The highest BCUT2D eigenvalue weighted by Crippen LogP contribution is 2.16. The van der Waals surface area contributed by atoms with Gasteiger partial charge in [0.25, 0.3) is 5.91 Å². The molecule has 0 bridgehead atoms. The zero-order chi connectivity index (χ0) is 14.9. The molecule has 0 unspecified atom stereocenters. The van der Waals surface area contributed by atoms with Gasteiger partial charge in [0.15, 0.2) is 6.61 Å². The first-order valence-electron chi connectivity index (χ1n) is 6.57. The average Bonchev–Trinajstić information content (AvgIpc) is 2.51. The molecule has 0 saturated carbocycles. The molecule has 0 heterocycles. The number of benzene rings is 2. The van der Waals surface area contributed by atoms with Crippen molar-refractivity contribution in [3.8, 4) is 11.5 Å². The summed E-state index contributed by atoms with van der Waals surface area (Å²) in [7, 11) is 0. The molecule has 2 rings (SSSR count). The van der Waals surface area contributed by atoms with E-state index in [1.54, 1.807) is 24.3 Å². The molecule has 0 atom stereocenters. The van der Waals surface area contributed by atoms with Gasteiger partial charge < -0.3 is 14.8 Å². The smallest absolute Gasteiger partial charge is 0.258 e. The van der Waals surface area contributed by atoms with Crippen molar-refractivity contribution in [2.45, 2.75) is 0 Å². The van der Waals surface area contributed by atoms with Gasteiger partial charge in [-0.25, -0.2) is 0 Å². The molecule has 0 fully saturated rings. The molecule has 5 heteroatoms. The second-order valence-corrected chi connectivity index (χ2v) is 4.69. The van der Waals surface area contributed by atoms with Crippen molar-refractivity contribution >= 4 is 17.5 Å². The Balaban J connectivity index is 1.61. The Kier molecular flexibility index (Phi) is 5.91. The summed E-state index contributed by atoms with van der Waals surface area (Å²) in [5.74, 6) is 1.16. The maximum atomic E-state index is 11.6. The van der Waals surface area contributed by atoms with Gasteiger partial charge in [-0.3, -0.25) is 4.79 Å². The lowest BCUT2D eigenvalue weighted by molar-refractivity contribution is -0.123. The molecule has 2 aromatic carbocycles. The minimum absolute atomic E-state index is 0.0127. The number of nitrogens with one attached hydrogen (secondary N) is 1. The second kappa shape index (κ2) is 8.17. The van der Waals surface area contributed by atoms with Gasteiger partial charge in [0.2, 0.25) is 0 Å². The summed E-state index contributed by atoms with van der Waals surface area (Å²) in [5.41, 5.74) is 0. The van der Waals surface area contributed by atoms with Crippen LogP contribution in [0.5, 0.6) is 11.5 Å². The van der Waals surface area contributed by atoms with Crippen molar-refractivity contribution < 1.29 is 14.3 Å². The Morgan fingerprint density at radius 2 is 1.76 bits per heavy atom. The predicted molar refractivity (Wildman–Crippen MR) is 81.9 cm³/mol. The summed E-state index contributed by atoms with van der Waals surface area (Å²) < 4.78 is 10.8. The van der Waals surface area contributed by atoms with Crippen LogP contribution in [0.4, 0.5) is 0 Å². The molecule has 0 aliphatic rings. The van der Waals surface area contributed by atoms with Crippen LogP contribution in [0.2, 0.25) is 5.02 Å². The molecule has 4 nitrogen and oxygen atoms in total. The first kappa shape index (κ1) is 15.2. The third-order valence-corrected chi connectivity index (χ3v) is 2.84. The van der Waals surface area contributed by atoms with Crippen LogP contribution in [-0.4, -0.2) is 25.7 Å². The zero-order valence-corrected chi connectivity index (χ0v) is 12.2. The van der Waals surface area contributed by atoms with Crippen LogP contribution >= 0.6 is 11.6 Å². The van der Waals surface area contributed by atoms with Crippen LogP contribution < -0.4 is 14.8 Å². The standard InChI is InChI=1S/C16H16ClNO3/c17-13-5-4-8-15(11-13)20-10-9-18-16(19)12-21-14-6-2-1-3-7-14/h1-8,11H,9-10,12H2,(H,18,19). The quantitative estimate of drug-likeness (QED) is 0.800. The van der Waals surface area contributed by atoms with E-state index in [0.29, 0.717) is 29.7 Å². The predicted octanol–water partition coefficient (Wildman–Crippen LogP) is 2.91. The molecule has 21 heavy (non-hydrogen) atoms. The van der Waals surface area contributed by atoms with Crippen LogP contribution in [0, 0.1) is 0 Å². The first-order chi connectivity index (χ1) is 10.2. The van der Waals surface area contributed by atoms with E-state index < -0.39 is 0 Å². The molecule has 0 aliphatic heterocycles. The van der Waals surface area contributed by atoms with E-state index >= 15 is 0 Å². The fraction of sp³-hybridized carbons (Fsp3) is 0.188. The Morgan fingerprint density at radius 1 is 1.00 bits per heavy atom. The van der Waals surface area contributed by atoms with Crippen molar-refractivity contribution in [2.24, 2.45) is 0 Å². The van der Waals surface area contributed by atoms with Gasteiger partial charge in [0, 0.05) is 5.02 Å².